The van der Waals surface area contributed by atoms with Crippen LogP contribution in [-0.2, 0) is 6.67 Å². The Balaban J connectivity index is 1.38. The van der Waals surface area contributed by atoms with E-state index in [1.165, 1.54) is 27.4 Å². The minimum absolute atomic E-state index is 0.530. The molecule has 3 aromatic heterocycles. The van der Waals surface area contributed by atoms with Gasteiger partial charge in [0.15, 0.2) is 12.3 Å². The third-order valence-electron chi connectivity index (χ3n) is 5.14. The fourth-order valence-corrected chi connectivity index (χ4v) is 5.21. The number of piperidine rings is 1. The summed E-state index contributed by atoms with van der Waals surface area (Å²) in [5, 5.41) is 5.96. The van der Waals surface area contributed by atoms with E-state index in [4.69, 9.17) is 17.2 Å². The largest absolute Gasteiger partial charge is 0.316 e. The first-order valence-corrected chi connectivity index (χ1v) is 10.2. The summed E-state index contributed by atoms with van der Waals surface area (Å²) in [6.45, 7) is 3.08. The summed E-state index contributed by atoms with van der Waals surface area (Å²) in [4.78, 5) is 6.42. The van der Waals surface area contributed by atoms with Gasteiger partial charge in [0.05, 0.1) is 29.2 Å². The standard InChI is InChI=1S/C19H19N5S2/c25-19-23-11-4-3-9-17(23)21-24(19)13-22-10-5-6-14(12-22)18-20-15-7-1-2-8-16(15)26-18/h1-4,7-9,11,14H,5-6,10,12-13H2/p+1/t14-/m0/s1. The van der Waals surface area contributed by atoms with Crippen LogP contribution in [0.5, 0.6) is 0 Å². The highest BCUT2D eigenvalue weighted by molar-refractivity contribution is 7.71. The summed E-state index contributed by atoms with van der Waals surface area (Å²) < 4.78 is 6.01. The van der Waals surface area contributed by atoms with Gasteiger partial charge in [-0.15, -0.1) is 16.4 Å². The van der Waals surface area contributed by atoms with Gasteiger partial charge in [-0.25, -0.2) is 4.98 Å². The van der Waals surface area contributed by atoms with Gasteiger partial charge in [0.1, 0.15) is 5.01 Å². The van der Waals surface area contributed by atoms with Crippen molar-refractivity contribution in [3.63, 3.8) is 0 Å². The average molecular weight is 383 g/mol. The number of para-hydroxylation sites is 1. The molecule has 132 valence electrons. The zero-order valence-corrected chi connectivity index (χ0v) is 16.0. The molecule has 0 amide bonds. The number of nitrogens with one attached hydrogen (secondary N) is 1. The number of thiazole rings is 1. The van der Waals surface area contributed by atoms with Crippen LogP contribution in [0.15, 0.2) is 48.7 Å². The van der Waals surface area contributed by atoms with Crippen molar-refractivity contribution < 1.29 is 4.90 Å². The lowest BCUT2D eigenvalue weighted by molar-refractivity contribution is -0.929. The highest BCUT2D eigenvalue weighted by Gasteiger charge is 2.27. The molecule has 2 atom stereocenters. The summed E-state index contributed by atoms with van der Waals surface area (Å²) >= 11 is 7.45. The molecule has 5 rings (SSSR count). The number of hydrogen-bond donors (Lipinski definition) is 1. The van der Waals surface area contributed by atoms with Crippen LogP contribution in [0.25, 0.3) is 15.9 Å². The Hall–Kier alpha value is -2.09. The van der Waals surface area contributed by atoms with Crippen LogP contribution in [0.4, 0.5) is 0 Å². The van der Waals surface area contributed by atoms with Crippen LogP contribution in [0.1, 0.15) is 23.8 Å². The molecule has 1 unspecified atom stereocenters. The molecule has 0 bridgehead atoms. The van der Waals surface area contributed by atoms with Crippen molar-refractivity contribution in [2.75, 3.05) is 13.1 Å². The summed E-state index contributed by atoms with van der Waals surface area (Å²) in [6, 6.07) is 14.4. The third-order valence-corrected chi connectivity index (χ3v) is 6.75. The molecular weight excluding hydrogens is 362 g/mol. The molecule has 1 aliphatic rings. The lowest BCUT2D eigenvalue weighted by Crippen LogP contribution is -3.12. The number of fused-ring (bicyclic) bond motifs is 2. The van der Waals surface area contributed by atoms with Gasteiger partial charge in [0.2, 0.25) is 4.77 Å². The molecule has 4 heterocycles. The van der Waals surface area contributed by atoms with E-state index < -0.39 is 0 Å². The number of quaternary nitrogens is 1. The molecule has 0 saturated carbocycles. The fourth-order valence-electron chi connectivity index (χ4n) is 3.85. The second-order valence-electron chi connectivity index (χ2n) is 6.93. The number of aromatic nitrogens is 4. The average Bonchev–Trinajstić information content (AvgIpc) is 3.24. The highest BCUT2D eigenvalue weighted by Crippen LogP contribution is 2.30. The molecule has 26 heavy (non-hydrogen) atoms. The molecule has 0 radical (unpaired) electrons. The molecule has 1 fully saturated rings. The molecule has 1 N–H and O–H groups in total. The van der Waals surface area contributed by atoms with E-state index >= 15 is 0 Å². The predicted molar refractivity (Wildman–Crippen MR) is 106 cm³/mol. The van der Waals surface area contributed by atoms with Gasteiger partial charge in [-0.3, -0.25) is 4.40 Å². The molecule has 1 saturated heterocycles. The van der Waals surface area contributed by atoms with Gasteiger partial charge in [0.25, 0.3) is 0 Å². The Bertz CT molecular complexity index is 1090. The van der Waals surface area contributed by atoms with Gasteiger partial charge >= 0.3 is 0 Å². The van der Waals surface area contributed by atoms with Gasteiger partial charge in [-0.05, 0) is 49.3 Å². The first-order valence-electron chi connectivity index (χ1n) is 9.01. The highest BCUT2D eigenvalue weighted by atomic mass is 32.1. The van der Waals surface area contributed by atoms with Crippen molar-refractivity contribution in [2.45, 2.75) is 25.4 Å². The van der Waals surface area contributed by atoms with E-state index in [0.29, 0.717) is 5.92 Å². The van der Waals surface area contributed by atoms with Crippen LogP contribution < -0.4 is 4.90 Å². The first-order chi connectivity index (χ1) is 12.8. The Labute approximate surface area is 160 Å². The Morgan fingerprint density at radius 3 is 2.96 bits per heavy atom. The van der Waals surface area contributed by atoms with E-state index in [9.17, 15) is 0 Å². The van der Waals surface area contributed by atoms with Crippen molar-refractivity contribution in [1.29, 1.82) is 0 Å². The second kappa shape index (κ2) is 6.57. The molecule has 5 nitrogen and oxygen atoms in total. The summed E-state index contributed by atoms with van der Waals surface area (Å²) in [7, 11) is 0. The van der Waals surface area contributed by atoms with Crippen LogP contribution in [0.2, 0.25) is 0 Å². The molecule has 4 aromatic rings. The molecule has 7 heteroatoms. The third kappa shape index (κ3) is 2.86. The van der Waals surface area contributed by atoms with Gasteiger partial charge < -0.3 is 4.90 Å². The van der Waals surface area contributed by atoms with Crippen molar-refractivity contribution in [2.24, 2.45) is 0 Å². The zero-order valence-electron chi connectivity index (χ0n) is 14.3. The van der Waals surface area contributed by atoms with Crippen molar-refractivity contribution in [3.8, 4) is 0 Å². The van der Waals surface area contributed by atoms with Crippen LogP contribution in [0.3, 0.4) is 0 Å². The Morgan fingerprint density at radius 2 is 2.08 bits per heavy atom. The maximum absolute atomic E-state index is 5.60. The number of rotatable bonds is 3. The predicted octanol–water partition coefficient (Wildman–Crippen LogP) is 2.89. The van der Waals surface area contributed by atoms with Gasteiger partial charge in [-0.1, -0.05) is 18.2 Å². The Kier molecular flexibility index (Phi) is 4.07. The van der Waals surface area contributed by atoms with Crippen molar-refractivity contribution >= 4 is 39.4 Å². The molecule has 0 aliphatic carbocycles. The van der Waals surface area contributed by atoms with Crippen molar-refractivity contribution in [1.82, 2.24) is 19.2 Å². The summed E-state index contributed by atoms with van der Waals surface area (Å²) in [5.74, 6) is 0.530. The summed E-state index contributed by atoms with van der Waals surface area (Å²) in [5.41, 5.74) is 2.04. The second-order valence-corrected chi connectivity index (χ2v) is 8.36. The Morgan fingerprint density at radius 1 is 1.19 bits per heavy atom. The van der Waals surface area contributed by atoms with E-state index in [2.05, 4.69) is 29.4 Å². The number of hydrogen-bond acceptors (Lipinski definition) is 4. The van der Waals surface area contributed by atoms with Crippen LogP contribution in [0, 0.1) is 4.77 Å². The smallest absolute Gasteiger partial charge is 0.207 e. The fraction of sp³-hybridized carbons (Fsp3) is 0.316. The van der Waals surface area contributed by atoms with Gasteiger partial charge in [-0.2, -0.15) is 4.68 Å². The quantitative estimate of drug-likeness (QED) is 0.554. The SMILES string of the molecule is S=c1n(C[NH+]2CCC[C@H](c3nc4ccccc4s3)C2)nc2ccccn12. The lowest BCUT2D eigenvalue weighted by Gasteiger charge is -2.28. The first kappa shape index (κ1) is 16.1. The van der Waals surface area contributed by atoms with Crippen molar-refractivity contribution in [3.05, 3.63) is 58.4 Å². The number of likely N-dealkylation sites (tertiary alicyclic amines) is 1. The van der Waals surface area contributed by atoms with Gasteiger partial charge in [0, 0.05) is 6.20 Å². The van der Waals surface area contributed by atoms with E-state index in [1.54, 1.807) is 0 Å². The van der Waals surface area contributed by atoms with Crippen LogP contribution in [-0.4, -0.2) is 32.3 Å². The number of benzene rings is 1. The topological polar surface area (TPSA) is 39.6 Å². The maximum Gasteiger partial charge on any atom is 0.207 e. The van der Waals surface area contributed by atoms with E-state index in [-0.39, 0.29) is 0 Å². The van der Waals surface area contributed by atoms with Crippen LogP contribution >= 0.6 is 23.6 Å². The van der Waals surface area contributed by atoms with E-state index in [1.807, 2.05) is 44.8 Å². The minimum Gasteiger partial charge on any atom is -0.316 e. The molecule has 1 aliphatic heterocycles. The minimum atomic E-state index is 0.530. The normalized spacial score (nSPS) is 20.8. The maximum atomic E-state index is 5.60. The monoisotopic (exact) mass is 382 g/mol. The zero-order chi connectivity index (χ0) is 17.5. The molecule has 0 spiro atoms. The number of pyridine rings is 1. The van der Waals surface area contributed by atoms with E-state index in [0.717, 1.165) is 35.7 Å². The number of nitrogens with zero attached hydrogens (tertiary/aromatic N) is 4. The molecular formula is C19H20N5S2+. The lowest BCUT2D eigenvalue weighted by atomic mass is 9.99. The molecule has 1 aromatic carbocycles. The summed E-state index contributed by atoms with van der Waals surface area (Å²) in [6.07, 6.45) is 4.42.